The molecule has 0 fully saturated rings. The van der Waals surface area contributed by atoms with E-state index in [4.69, 9.17) is 5.26 Å². The summed E-state index contributed by atoms with van der Waals surface area (Å²) in [5, 5.41) is 9.06. The number of nitriles is 1. The van der Waals surface area contributed by atoms with Crippen molar-refractivity contribution in [3.8, 4) is 6.07 Å². The summed E-state index contributed by atoms with van der Waals surface area (Å²) in [6.45, 7) is 0. The van der Waals surface area contributed by atoms with Crippen molar-refractivity contribution in [2.45, 2.75) is 5.92 Å². The van der Waals surface area contributed by atoms with Gasteiger partial charge in [-0.15, -0.1) is 0 Å². The minimum Gasteiger partial charge on any atom is -0.357 e. The molecule has 0 N–H and O–H groups in total. The Morgan fingerprint density at radius 3 is 2.67 bits per heavy atom. The Balaban J connectivity index is 2.35. The van der Waals surface area contributed by atoms with Crippen LogP contribution in [0.3, 0.4) is 0 Å². The van der Waals surface area contributed by atoms with Crippen LogP contribution in [0.1, 0.15) is 11.5 Å². The number of nitrogens with zero attached hydrogens (tertiary/aromatic N) is 2. The van der Waals surface area contributed by atoms with E-state index < -0.39 is 0 Å². The van der Waals surface area contributed by atoms with Crippen molar-refractivity contribution < 1.29 is 0 Å². The van der Waals surface area contributed by atoms with Crippen LogP contribution < -0.4 is 0 Å². The van der Waals surface area contributed by atoms with Gasteiger partial charge in [0.05, 0.1) is 11.6 Å². The Labute approximate surface area is 89.8 Å². The number of hydrogen-bond donors (Lipinski definition) is 0. The molecule has 74 valence electrons. The van der Waals surface area contributed by atoms with Crippen molar-refractivity contribution in [2.75, 3.05) is 7.05 Å². The Kier molecular flexibility index (Phi) is 2.55. The van der Waals surface area contributed by atoms with E-state index >= 15 is 0 Å². The molecule has 2 heteroatoms. The van der Waals surface area contributed by atoms with Crippen LogP contribution in [0.4, 0.5) is 0 Å². The molecule has 15 heavy (non-hydrogen) atoms. The highest BCUT2D eigenvalue weighted by atomic mass is 15.1. The Bertz CT molecular complexity index is 437. The topological polar surface area (TPSA) is 27.0 Å². The zero-order chi connectivity index (χ0) is 10.7. The average molecular weight is 196 g/mol. The second-order valence-electron chi connectivity index (χ2n) is 3.59. The molecule has 0 bridgehead atoms. The van der Waals surface area contributed by atoms with E-state index in [1.807, 2.05) is 60.8 Å². The first-order valence-electron chi connectivity index (χ1n) is 4.88. The van der Waals surface area contributed by atoms with Gasteiger partial charge in [0.1, 0.15) is 0 Å². The molecule has 1 aromatic carbocycles. The number of hydrogen-bond acceptors (Lipinski definition) is 2. The molecule has 0 saturated carbocycles. The van der Waals surface area contributed by atoms with Crippen molar-refractivity contribution in [3.05, 3.63) is 59.9 Å². The van der Waals surface area contributed by atoms with E-state index in [-0.39, 0.29) is 5.92 Å². The van der Waals surface area contributed by atoms with Gasteiger partial charge < -0.3 is 4.90 Å². The third-order valence-electron chi connectivity index (χ3n) is 2.48. The van der Waals surface area contributed by atoms with Crippen LogP contribution in [0.25, 0.3) is 0 Å². The number of rotatable bonds is 1. The van der Waals surface area contributed by atoms with Crippen LogP contribution in [-0.4, -0.2) is 11.9 Å². The third-order valence-corrected chi connectivity index (χ3v) is 2.48. The molecule has 2 rings (SSSR count). The molecule has 1 aromatic rings. The highest BCUT2D eigenvalue weighted by molar-refractivity contribution is 5.42. The van der Waals surface area contributed by atoms with Crippen molar-refractivity contribution in [1.82, 2.24) is 4.90 Å². The summed E-state index contributed by atoms with van der Waals surface area (Å²) in [4.78, 5) is 1.90. The highest BCUT2D eigenvalue weighted by Gasteiger charge is 2.16. The molecule has 1 aliphatic heterocycles. The maximum Gasteiger partial charge on any atom is 0.0972 e. The zero-order valence-corrected chi connectivity index (χ0v) is 8.59. The zero-order valence-electron chi connectivity index (χ0n) is 8.59. The lowest BCUT2D eigenvalue weighted by atomic mass is 9.91. The van der Waals surface area contributed by atoms with Gasteiger partial charge in [-0.2, -0.15) is 5.26 Å². The lowest BCUT2D eigenvalue weighted by Crippen LogP contribution is -2.11. The molecule has 0 spiro atoms. The van der Waals surface area contributed by atoms with E-state index in [0.717, 1.165) is 11.1 Å². The fourth-order valence-corrected chi connectivity index (χ4v) is 1.72. The largest absolute Gasteiger partial charge is 0.357 e. The third kappa shape index (κ3) is 1.92. The maximum atomic E-state index is 9.06. The van der Waals surface area contributed by atoms with Crippen LogP contribution >= 0.6 is 0 Å². The van der Waals surface area contributed by atoms with Crippen LogP contribution in [0.15, 0.2) is 54.4 Å². The van der Waals surface area contributed by atoms with E-state index in [2.05, 4.69) is 6.07 Å². The fraction of sp³-hybridized carbons (Fsp3) is 0.154. The number of allylic oxidation sites excluding steroid dienone is 2. The molecule has 0 saturated heterocycles. The lowest BCUT2D eigenvalue weighted by Gasteiger charge is -2.20. The summed E-state index contributed by atoms with van der Waals surface area (Å²) >= 11 is 0. The van der Waals surface area contributed by atoms with Crippen molar-refractivity contribution >= 4 is 0 Å². The predicted molar refractivity (Wildman–Crippen MR) is 59.8 cm³/mol. The van der Waals surface area contributed by atoms with Gasteiger partial charge in [-0.05, 0) is 5.56 Å². The maximum absolute atomic E-state index is 9.06. The molecule has 0 unspecified atom stereocenters. The minimum atomic E-state index is 0.104. The van der Waals surface area contributed by atoms with Gasteiger partial charge in [0.2, 0.25) is 0 Å². The Morgan fingerprint density at radius 2 is 2.00 bits per heavy atom. The van der Waals surface area contributed by atoms with Gasteiger partial charge in [-0.1, -0.05) is 36.4 Å². The lowest BCUT2D eigenvalue weighted by molar-refractivity contribution is 0.598. The summed E-state index contributed by atoms with van der Waals surface area (Å²) in [5.74, 6) is 0.104. The van der Waals surface area contributed by atoms with E-state index in [1.165, 1.54) is 0 Å². The molecule has 1 heterocycles. The van der Waals surface area contributed by atoms with Gasteiger partial charge >= 0.3 is 0 Å². The standard InChI is InChI=1S/C13H12N2/c1-15-8-7-13(12(9-14)10-15)11-5-3-2-4-6-11/h2-8,10,13H,1H3/t13-/m1/s1. The highest BCUT2D eigenvalue weighted by Crippen LogP contribution is 2.28. The monoisotopic (exact) mass is 196 g/mol. The van der Waals surface area contributed by atoms with Gasteiger partial charge in [0.15, 0.2) is 0 Å². The molecule has 1 atom stereocenters. The van der Waals surface area contributed by atoms with Gasteiger partial charge in [0.25, 0.3) is 0 Å². The summed E-state index contributed by atoms with van der Waals surface area (Å²) in [6.07, 6.45) is 5.91. The first-order valence-corrected chi connectivity index (χ1v) is 4.88. The smallest absolute Gasteiger partial charge is 0.0972 e. The van der Waals surface area contributed by atoms with Crippen LogP contribution in [-0.2, 0) is 0 Å². The molecule has 1 aliphatic rings. The van der Waals surface area contributed by atoms with Gasteiger partial charge in [0, 0.05) is 25.4 Å². The predicted octanol–water partition coefficient (Wildman–Crippen LogP) is 2.64. The SMILES string of the molecule is CN1C=C[C@H](c2ccccc2)C(C#N)=C1. The van der Waals surface area contributed by atoms with Crippen molar-refractivity contribution in [1.29, 1.82) is 5.26 Å². The molecular formula is C13H12N2. The van der Waals surface area contributed by atoms with Crippen molar-refractivity contribution in [2.24, 2.45) is 0 Å². The normalized spacial score (nSPS) is 19.6. The summed E-state index contributed by atoms with van der Waals surface area (Å²) in [5.41, 5.74) is 1.95. The summed E-state index contributed by atoms with van der Waals surface area (Å²) < 4.78 is 0. The molecule has 2 nitrogen and oxygen atoms in total. The Hall–Kier alpha value is -2.01. The first-order chi connectivity index (χ1) is 7.31. The average Bonchev–Trinajstić information content (AvgIpc) is 2.30. The second-order valence-corrected chi connectivity index (χ2v) is 3.59. The molecule has 0 aromatic heterocycles. The van der Waals surface area contributed by atoms with Crippen LogP contribution in [0.2, 0.25) is 0 Å². The van der Waals surface area contributed by atoms with Gasteiger partial charge in [-0.3, -0.25) is 0 Å². The molecular weight excluding hydrogens is 184 g/mol. The van der Waals surface area contributed by atoms with Gasteiger partial charge in [-0.25, -0.2) is 0 Å². The Morgan fingerprint density at radius 1 is 1.27 bits per heavy atom. The summed E-state index contributed by atoms with van der Waals surface area (Å²) in [6, 6.07) is 12.3. The van der Waals surface area contributed by atoms with Crippen LogP contribution in [0.5, 0.6) is 0 Å². The van der Waals surface area contributed by atoms with E-state index in [1.54, 1.807) is 0 Å². The fourth-order valence-electron chi connectivity index (χ4n) is 1.72. The minimum absolute atomic E-state index is 0.104. The molecule has 0 amide bonds. The molecule has 0 aliphatic carbocycles. The first kappa shape index (κ1) is 9.54. The number of benzene rings is 1. The van der Waals surface area contributed by atoms with Crippen molar-refractivity contribution in [3.63, 3.8) is 0 Å². The second kappa shape index (κ2) is 4.02. The summed E-state index contributed by atoms with van der Waals surface area (Å²) in [7, 11) is 1.93. The van der Waals surface area contributed by atoms with E-state index in [0.29, 0.717) is 0 Å². The molecule has 0 radical (unpaired) electrons. The van der Waals surface area contributed by atoms with Crippen LogP contribution in [0, 0.1) is 11.3 Å². The quantitative estimate of drug-likeness (QED) is 0.690. The van der Waals surface area contributed by atoms with E-state index in [9.17, 15) is 0 Å².